The number of imidazole rings is 1. The fourth-order valence-electron chi connectivity index (χ4n) is 2.86. The lowest BCUT2D eigenvalue weighted by Gasteiger charge is -2.14. The summed E-state index contributed by atoms with van der Waals surface area (Å²) >= 11 is 0. The molecule has 0 saturated carbocycles. The number of nitrogens with one attached hydrogen (secondary N) is 1. The summed E-state index contributed by atoms with van der Waals surface area (Å²) < 4.78 is 31.6. The molecule has 0 aliphatic heterocycles. The molecule has 2 aromatic heterocycles. The molecule has 0 radical (unpaired) electrons. The van der Waals surface area contributed by atoms with Crippen LogP contribution in [0.15, 0.2) is 35.4 Å². The van der Waals surface area contributed by atoms with Crippen LogP contribution in [-0.4, -0.2) is 27.7 Å². The predicted octanol–water partition coefficient (Wildman–Crippen LogP) is 2.14. The second-order valence-corrected chi connectivity index (χ2v) is 7.46. The first-order chi connectivity index (χ1) is 11.3. The van der Waals surface area contributed by atoms with E-state index in [1.807, 2.05) is 42.8 Å². The van der Waals surface area contributed by atoms with Crippen LogP contribution in [0.25, 0.3) is 11.0 Å². The third-order valence-electron chi connectivity index (χ3n) is 3.98. The Kier molecular flexibility index (Phi) is 4.18. The number of fused-ring (bicyclic) bond motifs is 1. The van der Waals surface area contributed by atoms with E-state index in [1.165, 1.54) is 4.68 Å². The molecule has 0 spiro atoms. The van der Waals surface area contributed by atoms with Crippen LogP contribution in [0.5, 0.6) is 0 Å². The number of aryl methyl sites for hydroxylation is 3. The van der Waals surface area contributed by atoms with Gasteiger partial charge in [0.05, 0.1) is 22.8 Å². The maximum Gasteiger partial charge on any atom is 0.258 e. The first kappa shape index (κ1) is 16.7. The average Bonchev–Trinajstić information content (AvgIpc) is 3.08. The molecule has 7 nitrogen and oxygen atoms in total. The zero-order valence-electron chi connectivity index (χ0n) is 14.2. The molecule has 1 atom stereocenters. The molecule has 0 saturated heterocycles. The Bertz CT molecular complexity index is 987. The molecule has 24 heavy (non-hydrogen) atoms. The molecule has 3 rings (SSSR count). The van der Waals surface area contributed by atoms with Crippen molar-refractivity contribution in [2.24, 2.45) is 7.05 Å². The zero-order chi connectivity index (χ0) is 17.5. The third-order valence-corrected chi connectivity index (χ3v) is 5.52. The fourth-order valence-corrected chi connectivity index (χ4v) is 4.33. The third kappa shape index (κ3) is 2.83. The largest absolute Gasteiger partial charge is 0.330 e. The highest BCUT2D eigenvalue weighted by Crippen LogP contribution is 2.21. The monoisotopic (exact) mass is 347 g/mol. The number of benzene rings is 1. The van der Waals surface area contributed by atoms with E-state index in [0.717, 1.165) is 11.0 Å². The van der Waals surface area contributed by atoms with Gasteiger partial charge in [0.25, 0.3) is 10.0 Å². The van der Waals surface area contributed by atoms with Gasteiger partial charge in [-0.2, -0.15) is 9.82 Å². The molecular formula is C16H21N5O2S. The van der Waals surface area contributed by atoms with Gasteiger partial charge in [-0.05, 0) is 39.0 Å². The van der Waals surface area contributed by atoms with Gasteiger partial charge in [-0.15, -0.1) is 0 Å². The summed E-state index contributed by atoms with van der Waals surface area (Å²) in [4.78, 5) is 4.55. The van der Waals surface area contributed by atoms with E-state index in [0.29, 0.717) is 18.1 Å². The van der Waals surface area contributed by atoms with Gasteiger partial charge in [-0.1, -0.05) is 12.1 Å². The standard InChI is InChI=1S/C16H21N5O2S/c1-5-21-15(10-11(2)18-21)24(22,23)19-12(3)16-17-13-8-6-7-9-14(13)20(16)4/h6-10,12,19H,5H2,1-4H3/t12-/m1/s1. The fraction of sp³-hybridized carbons (Fsp3) is 0.375. The van der Waals surface area contributed by atoms with E-state index in [-0.39, 0.29) is 5.03 Å². The van der Waals surface area contributed by atoms with Crippen molar-refractivity contribution in [3.05, 3.63) is 41.9 Å². The van der Waals surface area contributed by atoms with Gasteiger partial charge in [-0.25, -0.2) is 13.4 Å². The van der Waals surface area contributed by atoms with Gasteiger partial charge in [0.15, 0.2) is 5.03 Å². The molecule has 8 heteroatoms. The molecule has 2 heterocycles. The summed E-state index contributed by atoms with van der Waals surface area (Å²) in [5.41, 5.74) is 2.48. The van der Waals surface area contributed by atoms with E-state index in [1.54, 1.807) is 19.9 Å². The summed E-state index contributed by atoms with van der Waals surface area (Å²) in [5.74, 6) is 0.666. The summed E-state index contributed by atoms with van der Waals surface area (Å²) in [5, 5.41) is 4.38. The van der Waals surface area contributed by atoms with E-state index < -0.39 is 16.1 Å². The number of aromatic nitrogens is 4. The van der Waals surface area contributed by atoms with Crippen LogP contribution in [0.2, 0.25) is 0 Å². The van der Waals surface area contributed by atoms with Crippen molar-refractivity contribution in [1.82, 2.24) is 24.1 Å². The second-order valence-electron chi connectivity index (χ2n) is 5.80. The minimum atomic E-state index is -3.69. The van der Waals surface area contributed by atoms with Gasteiger partial charge in [0.1, 0.15) is 5.82 Å². The Balaban J connectivity index is 1.95. The zero-order valence-corrected chi connectivity index (χ0v) is 15.0. The van der Waals surface area contributed by atoms with Crippen LogP contribution in [0.1, 0.15) is 31.4 Å². The maximum atomic E-state index is 12.7. The lowest BCUT2D eigenvalue weighted by molar-refractivity contribution is 0.527. The molecule has 3 aromatic rings. The average molecular weight is 347 g/mol. The van der Waals surface area contributed by atoms with Crippen LogP contribution in [0, 0.1) is 6.92 Å². The van der Waals surface area contributed by atoms with E-state index in [4.69, 9.17) is 0 Å². The van der Waals surface area contributed by atoms with Crippen LogP contribution in [-0.2, 0) is 23.6 Å². The maximum absolute atomic E-state index is 12.7. The van der Waals surface area contributed by atoms with E-state index >= 15 is 0 Å². The van der Waals surface area contributed by atoms with Gasteiger partial charge >= 0.3 is 0 Å². The molecule has 0 amide bonds. The molecule has 1 aromatic carbocycles. The molecule has 0 bridgehead atoms. The molecule has 128 valence electrons. The Morgan fingerprint density at radius 2 is 2.00 bits per heavy atom. The Morgan fingerprint density at radius 3 is 2.67 bits per heavy atom. The minimum Gasteiger partial charge on any atom is -0.330 e. The van der Waals surface area contributed by atoms with Crippen molar-refractivity contribution in [2.75, 3.05) is 0 Å². The lowest BCUT2D eigenvalue weighted by Crippen LogP contribution is -2.30. The molecule has 0 aliphatic carbocycles. The number of hydrogen-bond acceptors (Lipinski definition) is 4. The number of para-hydroxylation sites is 2. The summed E-state index contributed by atoms with van der Waals surface area (Å²) in [7, 11) is -1.80. The predicted molar refractivity (Wildman–Crippen MR) is 92.1 cm³/mol. The van der Waals surface area contributed by atoms with Crippen LogP contribution >= 0.6 is 0 Å². The normalized spacial score (nSPS) is 13.5. The van der Waals surface area contributed by atoms with Crippen LogP contribution in [0.3, 0.4) is 0 Å². The quantitative estimate of drug-likeness (QED) is 0.766. The molecule has 1 N–H and O–H groups in total. The highest BCUT2D eigenvalue weighted by Gasteiger charge is 2.25. The smallest absolute Gasteiger partial charge is 0.258 e. The van der Waals surface area contributed by atoms with Crippen molar-refractivity contribution in [3.8, 4) is 0 Å². The van der Waals surface area contributed by atoms with Crippen molar-refractivity contribution in [1.29, 1.82) is 0 Å². The SMILES string of the molecule is CCn1nc(C)cc1S(=O)(=O)N[C@H](C)c1nc2ccccc2n1C. The van der Waals surface area contributed by atoms with E-state index in [2.05, 4.69) is 14.8 Å². The molecule has 0 unspecified atom stereocenters. The van der Waals surface area contributed by atoms with Gasteiger partial charge in [0, 0.05) is 13.6 Å². The van der Waals surface area contributed by atoms with Crippen LogP contribution in [0.4, 0.5) is 0 Å². The molecule has 0 fully saturated rings. The Hall–Kier alpha value is -2.19. The first-order valence-corrected chi connectivity index (χ1v) is 9.30. The summed E-state index contributed by atoms with van der Waals surface area (Å²) in [6, 6.07) is 8.83. The van der Waals surface area contributed by atoms with Crippen molar-refractivity contribution < 1.29 is 8.42 Å². The van der Waals surface area contributed by atoms with Crippen molar-refractivity contribution >= 4 is 21.1 Å². The van der Waals surface area contributed by atoms with Crippen molar-refractivity contribution in [2.45, 2.75) is 38.4 Å². The molecule has 0 aliphatic rings. The Morgan fingerprint density at radius 1 is 1.29 bits per heavy atom. The first-order valence-electron chi connectivity index (χ1n) is 7.81. The number of nitrogens with zero attached hydrogens (tertiary/aromatic N) is 4. The number of hydrogen-bond donors (Lipinski definition) is 1. The summed E-state index contributed by atoms with van der Waals surface area (Å²) in [6.07, 6.45) is 0. The highest BCUT2D eigenvalue weighted by molar-refractivity contribution is 7.89. The molecular weight excluding hydrogens is 326 g/mol. The Labute approximate surface area is 141 Å². The summed E-state index contributed by atoms with van der Waals surface area (Å²) in [6.45, 7) is 5.92. The van der Waals surface area contributed by atoms with Crippen LogP contribution < -0.4 is 4.72 Å². The second kappa shape index (κ2) is 6.03. The van der Waals surface area contributed by atoms with Gasteiger partial charge < -0.3 is 4.57 Å². The number of sulfonamides is 1. The lowest BCUT2D eigenvalue weighted by atomic mass is 10.3. The highest BCUT2D eigenvalue weighted by atomic mass is 32.2. The minimum absolute atomic E-state index is 0.174. The van der Waals surface area contributed by atoms with Crippen molar-refractivity contribution in [3.63, 3.8) is 0 Å². The topological polar surface area (TPSA) is 81.8 Å². The van der Waals surface area contributed by atoms with Gasteiger partial charge in [0.2, 0.25) is 0 Å². The number of rotatable bonds is 5. The van der Waals surface area contributed by atoms with E-state index in [9.17, 15) is 8.42 Å². The van der Waals surface area contributed by atoms with Gasteiger partial charge in [-0.3, -0.25) is 4.68 Å².